The molecule has 2 aliphatic heterocycles. The number of hydrogen-bond acceptors (Lipinski definition) is 9. The summed E-state index contributed by atoms with van der Waals surface area (Å²) >= 11 is 2.14. The lowest BCUT2D eigenvalue weighted by molar-refractivity contribution is -0.122. The lowest BCUT2D eigenvalue weighted by Gasteiger charge is -2.30. The van der Waals surface area contributed by atoms with Crippen molar-refractivity contribution in [2.45, 2.75) is 36.6 Å². The van der Waals surface area contributed by atoms with E-state index >= 15 is 0 Å². The number of thiazole rings is 1. The highest BCUT2D eigenvalue weighted by Crippen LogP contribution is 2.54. The molecule has 6 rings (SSSR count). The molecule has 3 atom stereocenters. The molecule has 3 heterocycles. The number of esters is 1. The molecule has 1 fully saturated rings. The number of thioether (sulfide) groups is 1. The van der Waals surface area contributed by atoms with Gasteiger partial charge in [0.2, 0.25) is 17.7 Å². The van der Waals surface area contributed by atoms with Gasteiger partial charge in [-0.15, -0.1) is 0 Å². The molecule has 0 bridgehead atoms. The maximum absolute atomic E-state index is 14.0. The first-order chi connectivity index (χ1) is 21.7. The minimum atomic E-state index is -0.794. The van der Waals surface area contributed by atoms with Crippen LogP contribution in [-0.4, -0.2) is 47.2 Å². The van der Waals surface area contributed by atoms with Gasteiger partial charge in [0, 0.05) is 16.5 Å². The highest BCUT2D eigenvalue weighted by atomic mass is 32.2. The van der Waals surface area contributed by atoms with E-state index in [0.29, 0.717) is 32.6 Å². The van der Waals surface area contributed by atoms with Crippen molar-refractivity contribution >= 4 is 58.2 Å². The Balaban J connectivity index is 1.34. The number of nitrogens with one attached hydrogen (secondary N) is 1. The Hall–Kier alpha value is -4.68. The Morgan fingerprint density at radius 2 is 1.60 bits per heavy atom. The first-order valence-corrected chi connectivity index (χ1v) is 16.0. The number of carbonyl (C=O) groups excluding carboxylic acids is 4. The van der Waals surface area contributed by atoms with Gasteiger partial charge in [0.25, 0.3) is 0 Å². The van der Waals surface area contributed by atoms with Gasteiger partial charge in [-0.3, -0.25) is 23.7 Å². The van der Waals surface area contributed by atoms with Crippen LogP contribution in [0.1, 0.15) is 39.2 Å². The summed E-state index contributed by atoms with van der Waals surface area (Å²) in [4.78, 5) is 67.9. The van der Waals surface area contributed by atoms with Crippen molar-refractivity contribution in [1.82, 2.24) is 4.57 Å². The molecule has 0 aliphatic carbocycles. The molecule has 45 heavy (non-hydrogen) atoms. The number of fused-ring (bicyclic) bond motifs is 2. The second-order valence-corrected chi connectivity index (χ2v) is 12.8. The van der Waals surface area contributed by atoms with E-state index in [1.807, 2.05) is 31.2 Å². The highest BCUT2D eigenvalue weighted by Gasteiger charge is 2.56. The van der Waals surface area contributed by atoms with Crippen LogP contribution in [0.3, 0.4) is 0 Å². The number of aryl methyl sites for hydroxylation is 1. The van der Waals surface area contributed by atoms with Crippen molar-refractivity contribution in [2.75, 3.05) is 23.9 Å². The standard InChI is InChI=1S/C33H29N3O7S2/c1-4-43-32(40)20-7-11-21(12-8-20)34-24(37)17-35-31-28(45-33(35)41)25(19-9-15-23(42-3)16-10-19)26-27(44-31)30(39)36(29(26)38)22-13-5-18(2)6-14-22/h5-16,25-27H,4,17H2,1-3H3,(H,34,37). The molecule has 1 saturated heterocycles. The fraction of sp³-hybridized carbons (Fsp3) is 0.242. The van der Waals surface area contributed by atoms with E-state index < -0.39 is 29.0 Å². The lowest BCUT2D eigenvalue weighted by Crippen LogP contribution is -2.33. The summed E-state index contributed by atoms with van der Waals surface area (Å²) in [5, 5.41) is 2.46. The zero-order valence-corrected chi connectivity index (χ0v) is 26.3. The normalized spacial score (nSPS) is 18.7. The van der Waals surface area contributed by atoms with Crippen LogP contribution in [0, 0.1) is 12.8 Å². The number of aromatic nitrogens is 1. The van der Waals surface area contributed by atoms with Crippen LogP contribution in [0.2, 0.25) is 0 Å². The maximum atomic E-state index is 14.0. The summed E-state index contributed by atoms with van der Waals surface area (Å²) in [7, 11) is 1.56. The van der Waals surface area contributed by atoms with Crippen molar-refractivity contribution in [1.29, 1.82) is 0 Å². The molecule has 0 radical (unpaired) electrons. The van der Waals surface area contributed by atoms with Gasteiger partial charge in [0.05, 0.1) is 35.9 Å². The summed E-state index contributed by atoms with van der Waals surface area (Å²) in [5.41, 5.74) is 3.05. The predicted molar refractivity (Wildman–Crippen MR) is 171 cm³/mol. The molecule has 3 amide bonds. The second kappa shape index (κ2) is 12.4. The number of rotatable bonds is 8. The number of imide groups is 1. The Labute approximate surface area is 267 Å². The summed E-state index contributed by atoms with van der Waals surface area (Å²) in [6, 6.07) is 20.7. The van der Waals surface area contributed by atoms with Crippen LogP contribution >= 0.6 is 23.1 Å². The van der Waals surface area contributed by atoms with Gasteiger partial charge in [0.15, 0.2) is 0 Å². The summed E-state index contributed by atoms with van der Waals surface area (Å²) < 4.78 is 11.7. The molecule has 0 saturated carbocycles. The Bertz CT molecular complexity index is 1850. The molecule has 1 aromatic heterocycles. The van der Waals surface area contributed by atoms with Gasteiger partial charge < -0.3 is 14.8 Å². The molecule has 1 N–H and O–H groups in total. The molecule has 230 valence electrons. The zero-order valence-electron chi connectivity index (χ0n) is 24.6. The van der Waals surface area contributed by atoms with E-state index in [0.717, 1.165) is 34.2 Å². The van der Waals surface area contributed by atoms with Gasteiger partial charge in [-0.1, -0.05) is 52.9 Å². The number of nitrogens with zero attached hydrogens (tertiary/aromatic N) is 2. The van der Waals surface area contributed by atoms with E-state index in [-0.39, 0.29) is 29.8 Å². The fourth-order valence-corrected chi connectivity index (χ4v) is 8.40. The van der Waals surface area contributed by atoms with Crippen LogP contribution in [-0.2, 0) is 25.7 Å². The molecule has 12 heteroatoms. The van der Waals surface area contributed by atoms with Crippen LogP contribution in [0.25, 0.3) is 0 Å². The lowest BCUT2D eigenvalue weighted by atomic mass is 9.83. The van der Waals surface area contributed by atoms with Crippen molar-refractivity contribution in [3.05, 3.63) is 104 Å². The van der Waals surface area contributed by atoms with Crippen LogP contribution in [0.4, 0.5) is 11.4 Å². The topological polar surface area (TPSA) is 124 Å². The molecule has 3 unspecified atom stereocenters. The van der Waals surface area contributed by atoms with Crippen molar-refractivity contribution in [2.24, 2.45) is 5.92 Å². The van der Waals surface area contributed by atoms with E-state index in [1.165, 1.54) is 9.47 Å². The van der Waals surface area contributed by atoms with E-state index in [9.17, 15) is 24.0 Å². The Morgan fingerprint density at radius 1 is 0.911 bits per heavy atom. The second-order valence-electron chi connectivity index (χ2n) is 10.6. The number of methoxy groups -OCH3 is 1. The van der Waals surface area contributed by atoms with Crippen molar-refractivity contribution in [3.63, 3.8) is 0 Å². The largest absolute Gasteiger partial charge is 0.497 e. The average molecular weight is 644 g/mol. The molecule has 10 nitrogen and oxygen atoms in total. The van der Waals surface area contributed by atoms with Gasteiger partial charge in [-0.05, 0) is 67.9 Å². The smallest absolute Gasteiger partial charge is 0.338 e. The minimum Gasteiger partial charge on any atom is -0.497 e. The molecule has 4 aromatic rings. The Kier molecular flexibility index (Phi) is 8.34. The molecular weight excluding hydrogens is 615 g/mol. The third-order valence-corrected chi connectivity index (χ3v) is 10.4. The number of ether oxygens (including phenoxy) is 2. The van der Waals surface area contributed by atoms with E-state index in [4.69, 9.17) is 9.47 Å². The number of carbonyl (C=O) groups is 4. The average Bonchev–Trinajstić information content (AvgIpc) is 3.48. The quantitative estimate of drug-likeness (QED) is 0.214. The third-order valence-electron chi connectivity index (χ3n) is 7.80. The maximum Gasteiger partial charge on any atom is 0.338 e. The number of benzene rings is 3. The monoisotopic (exact) mass is 643 g/mol. The minimum absolute atomic E-state index is 0.250. The summed E-state index contributed by atoms with van der Waals surface area (Å²) in [6.45, 7) is 3.60. The summed E-state index contributed by atoms with van der Waals surface area (Å²) in [5.74, 6) is -2.31. The third kappa shape index (κ3) is 5.67. The fourth-order valence-electron chi connectivity index (χ4n) is 5.62. The van der Waals surface area contributed by atoms with Crippen LogP contribution < -0.4 is 19.8 Å². The molecule has 2 aliphatic rings. The Morgan fingerprint density at radius 3 is 2.24 bits per heavy atom. The molecular formula is C33H29N3O7S2. The molecule has 0 spiro atoms. The number of hydrogen-bond donors (Lipinski definition) is 1. The predicted octanol–water partition coefficient (Wildman–Crippen LogP) is 4.84. The number of anilines is 2. The first-order valence-electron chi connectivity index (χ1n) is 14.3. The van der Waals surface area contributed by atoms with Crippen molar-refractivity contribution < 1.29 is 28.7 Å². The van der Waals surface area contributed by atoms with Gasteiger partial charge in [0.1, 0.15) is 17.5 Å². The van der Waals surface area contributed by atoms with E-state index in [1.54, 1.807) is 62.6 Å². The van der Waals surface area contributed by atoms with E-state index in [2.05, 4.69) is 5.32 Å². The van der Waals surface area contributed by atoms with Crippen LogP contribution in [0.15, 0.2) is 82.6 Å². The van der Waals surface area contributed by atoms with Gasteiger partial charge in [-0.25, -0.2) is 9.69 Å². The van der Waals surface area contributed by atoms with Crippen molar-refractivity contribution in [3.8, 4) is 5.75 Å². The summed E-state index contributed by atoms with van der Waals surface area (Å²) in [6.07, 6.45) is 0. The van der Waals surface area contributed by atoms with Gasteiger partial charge in [-0.2, -0.15) is 0 Å². The zero-order chi connectivity index (χ0) is 31.8. The SMILES string of the molecule is CCOC(=O)c1ccc(NC(=O)Cn2c3c(sc2=O)C(c2ccc(OC)cc2)C2C(=O)N(c4ccc(C)cc4)C(=O)C2S3)cc1. The first kappa shape index (κ1) is 30.4. The highest BCUT2D eigenvalue weighted by molar-refractivity contribution is 8.00. The molecule has 3 aromatic carbocycles. The number of amides is 3. The van der Waals surface area contributed by atoms with Gasteiger partial charge >= 0.3 is 10.8 Å². The van der Waals surface area contributed by atoms with Crippen LogP contribution in [0.5, 0.6) is 5.75 Å².